The summed E-state index contributed by atoms with van der Waals surface area (Å²) in [5.74, 6) is 3.19. The van der Waals surface area contributed by atoms with Crippen molar-refractivity contribution in [2.75, 3.05) is 27.4 Å². The topological polar surface area (TPSA) is 74.6 Å². The monoisotopic (exact) mass is 537 g/mol. The molecule has 1 amide bonds. The Labute approximate surface area is 234 Å². The Kier molecular flexibility index (Phi) is 8.81. The molecule has 0 aliphatic heterocycles. The molecule has 0 aliphatic rings. The molecule has 0 saturated heterocycles. The van der Waals surface area contributed by atoms with Gasteiger partial charge in [0.25, 0.3) is 0 Å². The molecule has 206 valence electrons. The average molecular weight is 538 g/mol. The van der Waals surface area contributed by atoms with Crippen LogP contribution in [0.2, 0.25) is 0 Å². The highest BCUT2D eigenvalue weighted by Crippen LogP contribution is 2.28. The fourth-order valence-corrected chi connectivity index (χ4v) is 5.00. The summed E-state index contributed by atoms with van der Waals surface area (Å²) in [6, 6.07) is 28.2. The minimum Gasteiger partial charge on any atom is -0.493 e. The molecule has 40 heavy (non-hydrogen) atoms. The number of aromatic nitrogens is 2. The second-order valence-electron chi connectivity index (χ2n) is 9.67. The van der Waals surface area contributed by atoms with Crippen LogP contribution >= 0.6 is 0 Å². The summed E-state index contributed by atoms with van der Waals surface area (Å²) in [6.07, 6.45) is 2.72. The Morgan fingerprint density at radius 2 is 1.65 bits per heavy atom. The van der Waals surface area contributed by atoms with Gasteiger partial charge in [-0.2, -0.15) is 0 Å². The Morgan fingerprint density at radius 1 is 0.850 bits per heavy atom. The van der Waals surface area contributed by atoms with Gasteiger partial charge < -0.3 is 24.1 Å². The smallest absolute Gasteiger partial charge is 0.224 e. The maximum atomic E-state index is 12.5. The Hall–Kier alpha value is -4.52. The lowest BCUT2D eigenvalue weighted by Crippen LogP contribution is -2.26. The number of aryl methyl sites for hydroxylation is 2. The predicted octanol–water partition coefficient (Wildman–Crippen LogP) is 5.97. The van der Waals surface area contributed by atoms with Crippen LogP contribution in [0, 0.1) is 0 Å². The summed E-state index contributed by atoms with van der Waals surface area (Å²) in [4.78, 5) is 17.4. The van der Waals surface area contributed by atoms with E-state index in [9.17, 15) is 4.79 Å². The molecule has 0 atom stereocenters. The second kappa shape index (κ2) is 13.0. The number of carbonyl (C=O) groups excluding carboxylic acids is 1. The molecule has 0 saturated carbocycles. The van der Waals surface area contributed by atoms with Crippen LogP contribution in [0.4, 0.5) is 0 Å². The van der Waals surface area contributed by atoms with E-state index in [1.807, 2.05) is 60.7 Å². The number of nitrogens with zero attached hydrogens (tertiary/aromatic N) is 2. The maximum Gasteiger partial charge on any atom is 0.224 e. The molecule has 1 N–H and O–H groups in total. The average Bonchev–Trinajstić information content (AvgIpc) is 3.34. The van der Waals surface area contributed by atoms with Gasteiger partial charge in [0, 0.05) is 24.9 Å². The molecule has 0 fully saturated rings. The standard InChI is InChI=1S/C33H35N3O4/c1-38-30-18-17-24(22-31(30)39-2)23-33(37)34-19-8-16-32-35-27-13-5-6-14-28(27)36(32)20-9-21-40-29-15-7-11-25-10-3-4-12-26(25)29/h3-7,10-15,17-18,22H,8-9,16,19-21,23H2,1-2H3,(H,34,37). The third-order valence-electron chi connectivity index (χ3n) is 6.98. The van der Waals surface area contributed by atoms with Crippen molar-refractivity contribution in [3.8, 4) is 17.2 Å². The van der Waals surface area contributed by atoms with E-state index in [1.54, 1.807) is 14.2 Å². The van der Waals surface area contributed by atoms with Gasteiger partial charge in [0.2, 0.25) is 5.91 Å². The zero-order valence-corrected chi connectivity index (χ0v) is 23.1. The zero-order valence-electron chi connectivity index (χ0n) is 23.1. The molecule has 7 nitrogen and oxygen atoms in total. The Balaban J connectivity index is 1.14. The number of fused-ring (bicyclic) bond motifs is 2. The normalized spacial score (nSPS) is 11.1. The molecule has 0 radical (unpaired) electrons. The molecule has 5 aromatic rings. The highest BCUT2D eigenvalue weighted by Gasteiger charge is 2.12. The highest BCUT2D eigenvalue weighted by molar-refractivity contribution is 5.88. The predicted molar refractivity (Wildman–Crippen MR) is 158 cm³/mol. The number of carbonyl (C=O) groups is 1. The molecule has 0 unspecified atom stereocenters. The summed E-state index contributed by atoms with van der Waals surface area (Å²) < 4.78 is 19.1. The summed E-state index contributed by atoms with van der Waals surface area (Å²) in [6.45, 7) is 2.01. The van der Waals surface area contributed by atoms with Gasteiger partial charge >= 0.3 is 0 Å². The largest absolute Gasteiger partial charge is 0.493 e. The lowest BCUT2D eigenvalue weighted by atomic mass is 10.1. The first-order chi connectivity index (χ1) is 19.7. The van der Waals surface area contributed by atoms with Crippen molar-refractivity contribution >= 4 is 27.7 Å². The summed E-state index contributed by atoms with van der Waals surface area (Å²) in [5, 5.41) is 5.35. The van der Waals surface area contributed by atoms with Crippen molar-refractivity contribution in [1.82, 2.24) is 14.9 Å². The van der Waals surface area contributed by atoms with Crippen LogP contribution in [0.3, 0.4) is 0 Å². The molecular weight excluding hydrogens is 502 g/mol. The maximum absolute atomic E-state index is 12.5. The third-order valence-corrected chi connectivity index (χ3v) is 6.98. The van der Waals surface area contributed by atoms with Crippen molar-refractivity contribution in [2.24, 2.45) is 0 Å². The van der Waals surface area contributed by atoms with Crippen molar-refractivity contribution in [1.29, 1.82) is 0 Å². The summed E-state index contributed by atoms with van der Waals surface area (Å²) in [7, 11) is 3.19. The number of amides is 1. The van der Waals surface area contributed by atoms with E-state index >= 15 is 0 Å². The molecule has 7 heteroatoms. The highest BCUT2D eigenvalue weighted by atomic mass is 16.5. The van der Waals surface area contributed by atoms with Crippen LogP contribution < -0.4 is 19.5 Å². The van der Waals surface area contributed by atoms with Crippen LogP contribution in [0.1, 0.15) is 24.2 Å². The van der Waals surface area contributed by atoms with E-state index in [1.165, 1.54) is 5.39 Å². The Bertz CT molecular complexity index is 1590. The molecule has 0 aliphatic carbocycles. The van der Waals surface area contributed by atoms with Gasteiger partial charge in [0.15, 0.2) is 11.5 Å². The van der Waals surface area contributed by atoms with Crippen molar-refractivity contribution < 1.29 is 19.0 Å². The SMILES string of the molecule is COc1ccc(CC(=O)NCCCc2nc3ccccc3n2CCCOc2cccc3ccccc23)cc1OC. The van der Waals surface area contributed by atoms with Crippen LogP contribution in [0.5, 0.6) is 17.2 Å². The van der Waals surface area contributed by atoms with Gasteiger partial charge in [-0.25, -0.2) is 4.98 Å². The minimum absolute atomic E-state index is 0.0219. The van der Waals surface area contributed by atoms with Gasteiger partial charge in [-0.05, 0) is 54.1 Å². The van der Waals surface area contributed by atoms with E-state index in [-0.39, 0.29) is 12.3 Å². The lowest BCUT2D eigenvalue weighted by molar-refractivity contribution is -0.120. The van der Waals surface area contributed by atoms with Gasteiger partial charge in [-0.3, -0.25) is 4.79 Å². The number of ether oxygens (including phenoxy) is 3. The third kappa shape index (κ3) is 6.37. The van der Waals surface area contributed by atoms with Crippen molar-refractivity contribution in [3.05, 3.63) is 96.3 Å². The first kappa shape index (κ1) is 27.1. The van der Waals surface area contributed by atoms with E-state index in [4.69, 9.17) is 19.2 Å². The molecule has 4 aromatic carbocycles. The first-order valence-electron chi connectivity index (χ1n) is 13.7. The van der Waals surface area contributed by atoms with Crippen molar-refractivity contribution in [2.45, 2.75) is 32.2 Å². The van der Waals surface area contributed by atoms with Crippen LogP contribution in [-0.4, -0.2) is 42.8 Å². The number of rotatable bonds is 13. The van der Waals surface area contributed by atoms with E-state index < -0.39 is 0 Å². The number of benzene rings is 4. The van der Waals surface area contributed by atoms with Gasteiger partial charge in [-0.15, -0.1) is 0 Å². The number of hydrogen-bond donors (Lipinski definition) is 1. The number of nitrogens with one attached hydrogen (secondary N) is 1. The number of para-hydroxylation sites is 2. The van der Waals surface area contributed by atoms with Crippen LogP contribution in [-0.2, 0) is 24.2 Å². The molecular formula is C33H35N3O4. The van der Waals surface area contributed by atoms with Gasteiger partial charge in [0.1, 0.15) is 11.6 Å². The molecule has 5 rings (SSSR count). The number of imidazole rings is 1. The fraction of sp³-hybridized carbons (Fsp3) is 0.273. The number of hydrogen-bond acceptors (Lipinski definition) is 5. The summed E-state index contributed by atoms with van der Waals surface area (Å²) in [5.41, 5.74) is 2.99. The molecule has 0 spiro atoms. The van der Waals surface area contributed by atoms with E-state index in [0.29, 0.717) is 24.7 Å². The molecule has 1 aromatic heterocycles. The van der Waals surface area contributed by atoms with E-state index in [2.05, 4.69) is 34.1 Å². The van der Waals surface area contributed by atoms with Gasteiger partial charge in [-0.1, -0.05) is 54.6 Å². The van der Waals surface area contributed by atoms with E-state index in [0.717, 1.165) is 59.4 Å². The minimum atomic E-state index is -0.0219. The molecule has 0 bridgehead atoms. The first-order valence-corrected chi connectivity index (χ1v) is 13.7. The Morgan fingerprint density at radius 3 is 2.52 bits per heavy atom. The fourth-order valence-electron chi connectivity index (χ4n) is 5.00. The summed E-state index contributed by atoms with van der Waals surface area (Å²) >= 11 is 0. The number of methoxy groups -OCH3 is 2. The van der Waals surface area contributed by atoms with Gasteiger partial charge in [0.05, 0.1) is 38.3 Å². The molecule has 1 heterocycles. The van der Waals surface area contributed by atoms with Crippen LogP contribution in [0.25, 0.3) is 21.8 Å². The zero-order chi connectivity index (χ0) is 27.7. The lowest BCUT2D eigenvalue weighted by Gasteiger charge is -2.12. The van der Waals surface area contributed by atoms with Crippen molar-refractivity contribution in [3.63, 3.8) is 0 Å². The quantitative estimate of drug-likeness (QED) is 0.187. The van der Waals surface area contributed by atoms with Crippen LogP contribution in [0.15, 0.2) is 84.9 Å². The second-order valence-corrected chi connectivity index (χ2v) is 9.67.